The molecule has 22 heavy (non-hydrogen) atoms. The predicted octanol–water partition coefficient (Wildman–Crippen LogP) is 2.87. The van der Waals surface area contributed by atoms with Gasteiger partial charge in [-0.05, 0) is 18.2 Å². The monoisotopic (exact) mass is 313 g/mol. The smallest absolute Gasteiger partial charge is 0.279 e. The van der Waals surface area contributed by atoms with Crippen molar-refractivity contribution < 1.29 is 9.18 Å². The van der Waals surface area contributed by atoms with Gasteiger partial charge in [-0.2, -0.15) is 4.99 Å². The second-order valence-corrected chi connectivity index (χ2v) is 5.43. The molecule has 0 atom stereocenters. The van der Waals surface area contributed by atoms with Crippen LogP contribution in [0.2, 0.25) is 0 Å². The van der Waals surface area contributed by atoms with Crippen molar-refractivity contribution in [2.75, 3.05) is 0 Å². The first kappa shape index (κ1) is 14.3. The van der Waals surface area contributed by atoms with Gasteiger partial charge in [-0.1, -0.05) is 18.2 Å². The van der Waals surface area contributed by atoms with Gasteiger partial charge in [-0.15, -0.1) is 11.3 Å². The van der Waals surface area contributed by atoms with E-state index < -0.39 is 0 Å². The highest BCUT2D eigenvalue weighted by atomic mass is 32.1. The van der Waals surface area contributed by atoms with E-state index in [1.54, 1.807) is 53.5 Å². The molecule has 3 rings (SSSR count). The van der Waals surface area contributed by atoms with Gasteiger partial charge in [-0.3, -0.25) is 9.78 Å². The Morgan fingerprint density at radius 3 is 2.77 bits per heavy atom. The maximum atomic E-state index is 13.7. The van der Waals surface area contributed by atoms with Crippen LogP contribution in [0.25, 0.3) is 0 Å². The van der Waals surface area contributed by atoms with Crippen molar-refractivity contribution in [1.29, 1.82) is 0 Å². The number of aromatic nitrogens is 2. The molecule has 0 saturated carbocycles. The van der Waals surface area contributed by atoms with Crippen LogP contribution in [-0.2, 0) is 6.54 Å². The van der Waals surface area contributed by atoms with E-state index in [1.165, 1.54) is 17.4 Å². The van der Waals surface area contributed by atoms with Crippen LogP contribution < -0.4 is 4.80 Å². The van der Waals surface area contributed by atoms with Crippen molar-refractivity contribution >= 4 is 17.2 Å². The van der Waals surface area contributed by atoms with Gasteiger partial charge in [0, 0.05) is 35.1 Å². The maximum Gasteiger partial charge on any atom is 0.279 e. The molecule has 1 amide bonds. The molecule has 0 radical (unpaired) electrons. The lowest BCUT2D eigenvalue weighted by Gasteiger charge is -2.04. The van der Waals surface area contributed by atoms with Gasteiger partial charge in [0.05, 0.1) is 6.54 Å². The van der Waals surface area contributed by atoms with Crippen LogP contribution in [0, 0.1) is 5.82 Å². The molecule has 6 heteroatoms. The molecule has 0 bridgehead atoms. The maximum absolute atomic E-state index is 13.7. The molecule has 0 aliphatic heterocycles. The summed E-state index contributed by atoms with van der Waals surface area (Å²) in [4.78, 5) is 20.6. The van der Waals surface area contributed by atoms with Crippen molar-refractivity contribution in [3.8, 4) is 0 Å². The number of benzene rings is 1. The largest absolute Gasteiger partial charge is 0.319 e. The Kier molecular flexibility index (Phi) is 4.20. The number of carbonyl (C=O) groups is 1. The minimum absolute atomic E-state index is 0.271. The van der Waals surface area contributed by atoms with Crippen molar-refractivity contribution in [2.24, 2.45) is 4.99 Å². The van der Waals surface area contributed by atoms with Gasteiger partial charge in [0.1, 0.15) is 5.82 Å². The van der Waals surface area contributed by atoms with Crippen LogP contribution in [-0.4, -0.2) is 15.5 Å². The fourth-order valence-electron chi connectivity index (χ4n) is 1.96. The summed E-state index contributed by atoms with van der Waals surface area (Å²) in [6.07, 6.45) is 4.88. The number of amides is 1. The molecule has 110 valence electrons. The van der Waals surface area contributed by atoms with Crippen molar-refractivity contribution in [2.45, 2.75) is 6.54 Å². The first-order valence-electron chi connectivity index (χ1n) is 6.60. The predicted molar refractivity (Wildman–Crippen MR) is 81.9 cm³/mol. The lowest BCUT2D eigenvalue weighted by atomic mass is 10.2. The van der Waals surface area contributed by atoms with E-state index in [9.17, 15) is 9.18 Å². The second-order valence-electron chi connectivity index (χ2n) is 4.56. The highest BCUT2D eigenvalue weighted by molar-refractivity contribution is 7.07. The Morgan fingerprint density at radius 1 is 1.23 bits per heavy atom. The average molecular weight is 313 g/mol. The van der Waals surface area contributed by atoms with Gasteiger partial charge in [0.2, 0.25) is 0 Å². The summed E-state index contributed by atoms with van der Waals surface area (Å²) < 4.78 is 15.5. The van der Waals surface area contributed by atoms with E-state index in [2.05, 4.69) is 9.98 Å². The fourth-order valence-corrected chi connectivity index (χ4v) is 2.69. The lowest BCUT2D eigenvalue weighted by molar-refractivity contribution is 0.0997. The number of hydrogen-bond acceptors (Lipinski definition) is 3. The molecule has 0 aliphatic rings. The average Bonchev–Trinajstić information content (AvgIpc) is 2.97. The molecular formula is C16H12FN3OS. The van der Waals surface area contributed by atoms with Gasteiger partial charge in [0.15, 0.2) is 4.80 Å². The van der Waals surface area contributed by atoms with Crippen molar-refractivity contribution in [3.63, 3.8) is 0 Å². The van der Waals surface area contributed by atoms with Crippen LogP contribution in [0.1, 0.15) is 15.9 Å². The molecule has 3 aromatic rings. The normalized spacial score (nSPS) is 11.6. The molecule has 0 saturated heterocycles. The first-order valence-corrected chi connectivity index (χ1v) is 7.48. The van der Waals surface area contributed by atoms with Gasteiger partial charge in [-0.25, -0.2) is 4.39 Å². The summed E-state index contributed by atoms with van der Waals surface area (Å²) in [7, 11) is 0. The summed E-state index contributed by atoms with van der Waals surface area (Å²) in [6, 6.07) is 9.79. The highest BCUT2D eigenvalue weighted by Crippen LogP contribution is 2.08. The Morgan fingerprint density at radius 2 is 2.00 bits per heavy atom. The minimum atomic E-state index is -0.341. The Hall–Kier alpha value is -2.60. The third-order valence-corrected chi connectivity index (χ3v) is 3.88. The number of halogens is 1. The number of carbonyl (C=O) groups excluding carboxylic acids is 1. The van der Waals surface area contributed by atoms with E-state index in [1.807, 2.05) is 5.38 Å². The van der Waals surface area contributed by atoms with Gasteiger partial charge in [0.25, 0.3) is 5.91 Å². The van der Waals surface area contributed by atoms with E-state index in [-0.39, 0.29) is 11.7 Å². The van der Waals surface area contributed by atoms with Crippen LogP contribution in [0.3, 0.4) is 0 Å². The summed E-state index contributed by atoms with van der Waals surface area (Å²) >= 11 is 1.34. The first-order chi connectivity index (χ1) is 10.7. The highest BCUT2D eigenvalue weighted by Gasteiger charge is 2.06. The molecule has 4 nitrogen and oxygen atoms in total. The Bertz CT molecular complexity index is 855. The quantitative estimate of drug-likeness (QED) is 0.746. The number of thiazole rings is 1. The molecule has 2 aromatic heterocycles. The van der Waals surface area contributed by atoms with Gasteiger partial charge >= 0.3 is 0 Å². The summed E-state index contributed by atoms with van der Waals surface area (Å²) in [5.74, 6) is -0.611. The second kappa shape index (κ2) is 6.44. The SMILES string of the molecule is O=C(N=c1sccn1Cc1ccccc1F)c1ccncc1. The van der Waals surface area contributed by atoms with E-state index in [0.29, 0.717) is 22.5 Å². The molecule has 0 unspecified atom stereocenters. The molecule has 1 aromatic carbocycles. The van der Waals surface area contributed by atoms with Gasteiger partial charge < -0.3 is 4.57 Å². The third kappa shape index (κ3) is 3.17. The number of hydrogen-bond donors (Lipinski definition) is 0. The van der Waals surface area contributed by atoms with E-state index >= 15 is 0 Å². The fraction of sp³-hybridized carbons (Fsp3) is 0.0625. The van der Waals surface area contributed by atoms with Crippen molar-refractivity contribution in [3.05, 3.63) is 82.1 Å². The zero-order chi connectivity index (χ0) is 15.4. The van der Waals surface area contributed by atoms with Crippen LogP contribution in [0.5, 0.6) is 0 Å². The summed E-state index contributed by atoms with van der Waals surface area (Å²) in [6.45, 7) is 0.332. The molecule has 0 fully saturated rings. The lowest BCUT2D eigenvalue weighted by Crippen LogP contribution is -2.17. The molecule has 0 N–H and O–H groups in total. The summed E-state index contributed by atoms with van der Waals surface area (Å²) in [5.41, 5.74) is 1.03. The number of nitrogens with zero attached hydrogens (tertiary/aromatic N) is 3. The standard InChI is InChI=1S/C16H12FN3OS/c17-14-4-2-1-3-13(14)11-20-9-10-22-16(20)19-15(21)12-5-7-18-8-6-12/h1-10H,11H2. The molecule has 0 spiro atoms. The topological polar surface area (TPSA) is 47.2 Å². The van der Waals surface area contributed by atoms with E-state index in [4.69, 9.17) is 0 Å². The zero-order valence-electron chi connectivity index (χ0n) is 11.5. The zero-order valence-corrected chi connectivity index (χ0v) is 12.3. The van der Waals surface area contributed by atoms with Crippen molar-refractivity contribution in [1.82, 2.24) is 9.55 Å². The Balaban J connectivity index is 1.91. The molecule has 2 heterocycles. The van der Waals surface area contributed by atoms with Crippen LogP contribution in [0.4, 0.5) is 4.39 Å². The number of rotatable bonds is 3. The number of pyridine rings is 1. The third-order valence-electron chi connectivity index (χ3n) is 3.08. The summed E-state index contributed by atoms with van der Waals surface area (Å²) in [5, 5.41) is 1.82. The Labute approximate surface area is 130 Å². The molecule has 0 aliphatic carbocycles. The minimum Gasteiger partial charge on any atom is -0.319 e. The van der Waals surface area contributed by atoms with E-state index in [0.717, 1.165) is 0 Å². The van der Waals surface area contributed by atoms with Crippen LogP contribution >= 0.6 is 11.3 Å². The van der Waals surface area contributed by atoms with Crippen LogP contribution in [0.15, 0.2) is 65.4 Å². The molecular weight excluding hydrogens is 301 g/mol.